The van der Waals surface area contributed by atoms with Crippen LogP contribution in [0.1, 0.15) is 33.0 Å². The van der Waals surface area contributed by atoms with Gasteiger partial charge in [-0.1, -0.05) is 17.7 Å². The fourth-order valence-electron chi connectivity index (χ4n) is 3.31. The molecule has 0 saturated carbocycles. The number of amides is 1. The van der Waals surface area contributed by atoms with Gasteiger partial charge < -0.3 is 10.1 Å². The predicted molar refractivity (Wildman–Crippen MR) is 138 cm³/mol. The molecule has 3 atom stereocenters. The smallest absolute Gasteiger partial charge is 0.361 e. The maximum atomic E-state index is 15.0. The minimum Gasteiger partial charge on any atom is -0.361 e. The van der Waals surface area contributed by atoms with E-state index in [0.717, 1.165) is 19.2 Å². The molecule has 2 rings (SSSR count). The van der Waals surface area contributed by atoms with Crippen LogP contribution < -0.4 is 5.32 Å². The van der Waals surface area contributed by atoms with E-state index in [1.54, 1.807) is 0 Å². The second-order valence-electron chi connectivity index (χ2n) is 8.15. The summed E-state index contributed by atoms with van der Waals surface area (Å²) in [5, 5.41) is 1.87. The Hall–Kier alpha value is -1.69. The van der Waals surface area contributed by atoms with Crippen molar-refractivity contribution in [3.8, 4) is 0 Å². The fourth-order valence-corrected chi connectivity index (χ4v) is 5.68. The molecule has 0 fully saturated rings. The first-order valence-corrected chi connectivity index (χ1v) is 14.1. The Morgan fingerprint density at radius 1 is 1.05 bits per heavy atom. The van der Waals surface area contributed by atoms with Gasteiger partial charge in [-0.05, 0) is 67.8 Å². The van der Waals surface area contributed by atoms with Gasteiger partial charge in [0.05, 0.1) is 21.9 Å². The van der Waals surface area contributed by atoms with Gasteiger partial charge in [0.2, 0.25) is 0 Å². The zero-order chi connectivity index (χ0) is 31.5. The van der Waals surface area contributed by atoms with E-state index in [1.807, 2.05) is 5.32 Å². The van der Waals surface area contributed by atoms with Crippen molar-refractivity contribution >= 4 is 66.0 Å². The van der Waals surface area contributed by atoms with E-state index in [1.165, 1.54) is 0 Å². The fraction of sp³-hybridized carbons (Fsp3) is 0.348. The second-order valence-corrected chi connectivity index (χ2v) is 11.7. The molecule has 0 bridgehead atoms. The number of rotatable bonds is 9. The van der Waals surface area contributed by atoms with Gasteiger partial charge in [0, 0.05) is 32.4 Å². The Bertz CT molecular complexity index is 1310. The highest BCUT2D eigenvalue weighted by Crippen LogP contribution is 2.43. The molecule has 4 nitrogen and oxygen atoms in total. The highest BCUT2D eigenvalue weighted by Gasteiger charge is 2.41. The molecule has 0 aliphatic rings. The highest BCUT2D eigenvalue weighted by molar-refractivity contribution is 9.11. The summed E-state index contributed by atoms with van der Waals surface area (Å²) in [4.78, 5) is 12.5. The molecule has 2 aromatic rings. The maximum absolute atomic E-state index is 15.0. The largest absolute Gasteiger partial charge is 0.417 e. The number of carbonyl (C=O) groups excluding carboxylic acids is 1. The van der Waals surface area contributed by atoms with E-state index in [0.29, 0.717) is 12.1 Å². The van der Waals surface area contributed by atoms with Gasteiger partial charge >= 0.3 is 18.5 Å². The molecule has 0 aliphatic heterocycles. The summed E-state index contributed by atoms with van der Waals surface area (Å²) >= 11 is 11.8. The van der Waals surface area contributed by atoms with Crippen LogP contribution in [0.2, 0.25) is 5.02 Å². The topological polar surface area (TPSA) is 55.4 Å². The number of halogens is 13. The molecule has 228 valence electrons. The monoisotopic (exact) mass is 769 g/mol. The summed E-state index contributed by atoms with van der Waals surface area (Å²) in [6.07, 6.45) is -16.9. The summed E-state index contributed by atoms with van der Waals surface area (Å²) in [6, 6.07) is 3.10. The van der Waals surface area contributed by atoms with Crippen molar-refractivity contribution in [2.75, 3.05) is 18.6 Å². The molecule has 18 heteroatoms. The van der Waals surface area contributed by atoms with Gasteiger partial charge in [-0.3, -0.25) is 9.00 Å². The Balaban J connectivity index is 2.46. The van der Waals surface area contributed by atoms with Crippen LogP contribution in [0, 0.1) is 0 Å². The number of benzene rings is 2. The number of hydrogen-bond donors (Lipinski definition) is 1. The van der Waals surface area contributed by atoms with Gasteiger partial charge in [-0.15, -0.1) is 0 Å². The van der Waals surface area contributed by atoms with Crippen LogP contribution in [-0.2, 0) is 21.7 Å². The van der Waals surface area contributed by atoms with E-state index in [2.05, 4.69) is 31.9 Å². The molecule has 0 spiro atoms. The zero-order valence-corrected chi connectivity index (χ0v) is 24.8. The van der Waals surface area contributed by atoms with Crippen LogP contribution in [0.3, 0.4) is 0 Å². The third kappa shape index (κ3) is 10.2. The normalized spacial score (nSPS) is 15.4. The molecule has 0 radical (unpaired) electrons. The van der Waals surface area contributed by atoms with Crippen LogP contribution >= 0.6 is 43.5 Å². The van der Waals surface area contributed by atoms with Crippen molar-refractivity contribution < 1.29 is 57.6 Å². The number of hydrogen-bond acceptors (Lipinski definition) is 3. The maximum Gasteiger partial charge on any atom is 0.417 e. The quantitative estimate of drug-likeness (QED) is 0.158. The lowest BCUT2D eigenvalue weighted by Gasteiger charge is -2.20. The average Bonchev–Trinajstić information content (AvgIpc) is 2.82. The van der Waals surface area contributed by atoms with Gasteiger partial charge in [0.1, 0.15) is 23.7 Å². The van der Waals surface area contributed by atoms with Crippen molar-refractivity contribution in [2.45, 2.75) is 30.7 Å². The number of ether oxygens (including phenoxy) is 1. The van der Waals surface area contributed by atoms with Crippen LogP contribution in [0.4, 0.5) is 43.9 Å². The summed E-state index contributed by atoms with van der Waals surface area (Å²) in [7, 11) is -1.72. The van der Waals surface area contributed by atoms with Crippen molar-refractivity contribution in [3.63, 3.8) is 0 Å². The highest BCUT2D eigenvalue weighted by atomic mass is 79.9. The summed E-state index contributed by atoms with van der Waals surface area (Å²) in [5.41, 5.74) is -4.36. The number of alkyl halides is 9. The van der Waals surface area contributed by atoms with Crippen molar-refractivity contribution in [1.29, 1.82) is 0 Å². The van der Waals surface area contributed by atoms with E-state index in [4.69, 9.17) is 16.3 Å². The molecule has 0 heterocycles. The zero-order valence-electron chi connectivity index (χ0n) is 20.1. The second kappa shape index (κ2) is 13.7. The first kappa shape index (κ1) is 35.5. The Kier molecular flexibility index (Phi) is 11.9. The summed E-state index contributed by atoms with van der Waals surface area (Å²) in [5.74, 6) is -8.55. The Morgan fingerprint density at radius 2 is 1.61 bits per heavy atom. The molecule has 1 amide bonds. The first-order valence-electron chi connectivity index (χ1n) is 10.7. The van der Waals surface area contributed by atoms with Gasteiger partial charge in [-0.25, -0.2) is 4.39 Å². The lowest BCUT2D eigenvalue weighted by molar-refractivity contribution is -0.140. The SMILES string of the molecule is COC(CS(=O)CC(F)(F)F)NC(=O)c1ccc(/C(F)=C/C(c2cc(Br)c(Cl)c(Br)c2)C(F)(F)F)cc1C(F)(F)F. The Labute approximate surface area is 250 Å². The van der Waals surface area contributed by atoms with E-state index in [-0.39, 0.29) is 26.1 Å². The van der Waals surface area contributed by atoms with Crippen molar-refractivity contribution in [1.82, 2.24) is 5.32 Å². The molecule has 0 aliphatic carbocycles. The van der Waals surface area contributed by atoms with Gasteiger partial charge in [0.15, 0.2) is 0 Å². The van der Waals surface area contributed by atoms with Crippen LogP contribution in [0.5, 0.6) is 0 Å². The number of nitrogens with one attached hydrogen (secondary N) is 1. The third-order valence-corrected chi connectivity index (χ3v) is 8.55. The lowest BCUT2D eigenvalue weighted by Crippen LogP contribution is -2.41. The van der Waals surface area contributed by atoms with Crippen LogP contribution in [0.15, 0.2) is 45.4 Å². The number of carbonyl (C=O) groups is 1. The lowest BCUT2D eigenvalue weighted by atomic mass is 9.95. The average molecular weight is 772 g/mol. The predicted octanol–water partition coefficient (Wildman–Crippen LogP) is 8.55. The van der Waals surface area contributed by atoms with Crippen molar-refractivity contribution in [2.24, 2.45) is 0 Å². The molecule has 0 saturated heterocycles. The van der Waals surface area contributed by atoms with Crippen LogP contribution in [-0.4, -0.2) is 47.3 Å². The molecular weight excluding hydrogens is 756 g/mol. The molecule has 2 aromatic carbocycles. The molecule has 1 N–H and O–H groups in total. The minimum absolute atomic E-state index is 0.0186. The minimum atomic E-state index is -5.32. The van der Waals surface area contributed by atoms with Gasteiger partial charge in [0.25, 0.3) is 5.91 Å². The number of allylic oxidation sites excluding steroid dienone is 1. The number of methoxy groups -OCH3 is 1. The standard InChI is InChI=1S/C23H16Br2ClF10NO3S/c1-40-18(8-41(39)9-21(28,29)30)37-20(38)12-3-2-10(4-14(12)23(34,35)36)17(27)7-13(22(31,32)33)11-5-15(24)19(26)16(25)6-11/h2-7,13,18H,8-9H2,1H3,(H,37,38)/b17-7-. The Morgan fingerprint density at radius 3 is 2.07 bits per heavy atom. The molecule has 3 unspecified atom stereocenters. The first-order chi connectivity index (χ1) is 18.6. The van der Waals surface area contributed by atoms with Crippen LogP contribution in [0.25, 0.3) is 5.83 Å². The molecule has 41 heavy (non-hydrogen) atoms. The summed E-state index contributed by atoms with van der Waals surface area (Å²) < 4.78 is 151. The summed E-state index contributed by atoms with van der Waals surface area (Å²) in [6.45, 7) is 0. The van der Waals surface area contributed by atoms with E-state index in [9.17, 15) is 48.5 Å². The third-order valence-electron chi connectivity index (χ3n) is 5.11. The molecule has 0 aromatic heterocycles. The van der Waals surface area contributed by atoms with E-state index < -0.39 is 87.0 Å². The van der Waals surface area contributed by atoms with E-state index >= 15 is 4.39 Å². The van der Waals surface area contributed by atoms with Gasteiger partial charge in [-0.2, -0.15) is 39.5 Å². The van der Waals surface area contributed by atoms with Crippen molar-refractivity contribution in [3.05, 3.63) is 72.6 Å². The molecular formula is C23H16Br2ClF10NO3S.